The van der Waals surface area contributed by atoms with E-state index in [0.717, 1.165) is 5.82 Å². The Morgan fingerprint density at radius 3 is 2.95 bits per heavy atom. The van der Waals surface area contributed by atoms with Crippen molar-refractivity contribution in [1.29, 1.82) is 0 Å². The topological polar surface area (TPSA) is 67.0 Å². The van der Waals surface area contributed by atoms with Crippen molar-refractivity contribution in [3.8, 4) is 5.75 Å². The number of carbonyl (C=O) groups excluding carboxylic acids is 1. The second-order valence-corrected chi connectivity index (χ2v) is 5.26. The fourth-order valence-corrected chi connectivity index (χ4v) is 2.15. The number of H-pyrrole nitrogens is 1. The van der Waals surface area contributed by atoms with Crippen LogP contribution in [0, 0.1) is 0 Å². The molecule has 7 heteroatoms. The molecule has 1 atom stereocenters. The smallest absolute Gasteiger partial charge is 0.260 e. The molecule has 0 aliphatic heterocycles. The number of aromatic amines is 1. The van der Waals surface area contributed by atoms with Crippen molar-refractivity contribution in [3.05, 3.63) is 46.5 Å². The molecule has 0 saturated carbocycles. The number of carbonyl (C=O) groups is 1. The lowest BCUT2D eigenvalue weighted by atomic mass is 10.3. The maximum Gasteiger partial charge on any atom is 0.260 e. The Morgan fingerprint density at radius 1 is 1.48 bits per heavy atom. The molecule has 0 spiro atoms. The third-order valence-corrected chi connectivity index (χ3v) is 3.31. The van der Waals surface area contributed by atoms with Gasteiger partial charge in [0, 0.05) is 30.4 Å². The molecular formula is C14H15Cl2N3O2. The lowest BCUT2D eigenvalue weighted by Gasteiger charge is -2.15. The van der Waals surface area contributed by atoms with Gasteiger partial charge in [-0.2, -0.15) is 0 Å². The van der Waals surface area contributed by atoms with E-state index in [-0.39, 0.29) is 5.91 Å². The summed E-state index contributed by atoms with van der Waals surface area (Å²) < 4.78 is 5.52. The van der Waals surface area contributed by atoms with E-state index in [4.69, 9.17) is 27.9 Å². The maximum atomic E-state index is 11.9. The van der Waals surface area contributed by atoms with Crippen molar-refractivity contribution in [3.63, 3.8) is 0 Å². The maximum absolute atomic E-state index is 11.9. The number of hydrogen-bond donors (Lipinski definition) is 2. The first-order valence-corrected chi connectivity index (χ1v) is 7.19. The second-order valence-electron chi connectivity index (χ2n) is 4.41. The van der Waals surface area contributed by atoms with Crippen LogP contribution in [0.2, 0.25) is 10.0 Å². The van der Waals surface area contributed by atoms with Gasteiger partial charge >= 0.3 is 0 Å². The number of imidazole rings is 1. The first kappa shape index (κ1) is 15.7. The van der Waals surface area contributed by atoms with Crippen LogP contribution in [0.25, 0.3) is 0 Å². The van der Waals surface area contributed by atoms with Gasteiger partial charge in [0.1, 0.15) is 11.6 Å². The fourth-order valence-electron chi connectivity index (χ4n) is 1.70. The molecule has 0 fully saturated rings. The van der Waals surface area contributed by atoms with Crippen LogP contribution in [0.1, 0.15) is 12.7 Å². The van der Waals surface area contributed by atoms with Gasteiger partial charge in [-0.1, -0.05) is 23.2 Å². The van der Waals surface area contributed by atoms with Gasteiger partial charge < -0.3 is 15.0 Å². The molecule has 5 nitrogen and oxygen atoms in total. The molecule has 0 aliphatic rings. The molecule has 2 aromatic rings. The summed E-state index contributed by atoms with van der Waals surface area (Å²) in [6.45, 7) is 2.14. The molecule has 0 aliphatic carbocycles. The highest BCUT2D eigenvalue weighted by Gasteiger charge is 2.15. The Balaban J connectivity index is 1.81. The van der Waals surface area contributed by atoms with E-state index in [1.54, 1.807) is 37.5 Å². The summed E-state index contributed by atoms with van der Waals surface area (Å²) in [5.41, 5.74) is 0. The first-order chi connectivity index (χ1) is 10.1. The summed E-state index contributed by atoms with van der Waals surface area (Å²) >= 11 is 11.8. The minimum Gasteiger partial charge on any atom is -0.479 e. The van der Waals surface area contributed by atoms with Gasteiger partial charge in [0.05, 0.1) is 5.02 Å². The van der Waals surface area contributed by atoms with Crippen LogP contribution in [0.4, 0.5) is 0 Å². The first-order valence-electron chi connectivity index (χ1n) is 6.44. The molecule has 2 N–H and O–H groups in total. The minimum atomic E-state index is -0.653. The van der Waals surface area contributed by atoms with Gasteiger partial charge in [-0.3, -0.25) is 4.79 Å². The van der Waals surface area contributed by atoms with Crippen LogP contribution in [0.3, 0.4) is 0 Å². The number of hydrogen-bond acceptors (Lipinski definition) is 3. The molecule has 1 heterocycles. The highest BCUT2D eigenvalue weighted by Crippen LogP contribution is 2.28. The highest BCUT2D eigenvalue weighted by atomic mass is 35.5. The lowest BCUT2D eigenvalue weighted by molar-refractivity contribution is -0.127. The van der Waals surface area contributed by atoms with Crippen LogP contribution in [0.15, 0.2) is 30.6 Å². The van der Waals surface area contributed by atoms with Crippen LogP contribution < -0.4 is 10.1 Å². The van der Waals surface area contributed by atoms with Crippen LogP contribution in [-0.4, -0.2) is 28.5 Å². The zero-order valence-electron chi connectivity index (χ0n) is 11.4. The highest BCUT2D eigenvalue weighted by molar-refractivity contribution is 6.35. The van der Waals surface area contributed by atoms with Crippen LogP contribution >= 0.6 is 23.2 Å². The Kier molecular flexibility index (Phi) is 5.47. The fraction of sp³-hybridized carbons (Fsp3) is 0.286. The van der Waals surface area contributed by atoms with Gasteiger partial charge in [0.2, 0.25) is 0 Å². The zero-order chi connectivity index (χ0) is 15.2. The average molecular weight is 328 g/mol. The Morgan fingerprint density at radius 2 is 2.29 bits per heavy atom. The third-order valence-electron chi connectivity index (χ3n) is 2.78. The molecule has 0 saturated heterocycles. The number of aromatic nitrogens is 2. The van der Waals surface area contributed by atoms with Crippen molar-refractivity contribution in [2.45, 2.75) is 19.4 Å². The molecule has 2 rings (SSSR count). The van der Waals surface area contributed by atoms with Gasteiger partial charge in [-0.25, -0.2) is 4.98 Å². The monoisotopic (exact) mass is 327 g/mol. The Bertz CT molecular complexity index is 602. The van der Waals surface area contributed by atoms with Gasteiger partial charge in [0.15, 0.2) is 6.10 Å². The molecule has 21 heavy (non-hydrogen) atoms. The van der Waals surface area contributed by atoms with E-state index in [9.17, 15) is 4.79 Å². The predicted octanol–water partition coefficient (Wildman–Crippen LogP) is 2.84. The van der Waals surface area contributed by atoms with Gasteiger partial charge in [-0.05, 0) is 25.1 Å². The SMILES string of the molecule is CC(Oc1ccc(Cl)cc1Cl)C(=O)NCCc1ncc[nH]1. The Hall–Kier alpha value is -1.72. The summed E-state index contributed by atoms with van der Waals surface area (Å²) in [6.07, 6.45) is 3.39. The molecular weight excluding hydrogens is 313 g/mol. The second kappa shape index (κ2) is 7.33. The van der Waals surface area contributed by atoms with Gasteiger partial charge in [0.25, 0.3) is 5.91 Å². The quantitative estimate of drug-likeness (QED) is 0.857. The van der Waals surface area contributed by atoms with E-state index in [1.165, 1.54) is 0 Å². The number of nitrogens with zero attached hydrogens (tertiary/aromatic N) is 1. The van der Waals surface area contributed by atoms with Crippen molar-refractivity contribution in [1.82, 2.24) is 15.3 Å². The van der Waals surface area contributed by atoms with Crippen molar-refractivity contribution in [2.75, 3.05) is 6.54 Å². The average Bonchev–Trinajstić information content (AvgIpc) is 2.95. The molecule has 0 radical (unpaired) electrons. The molecule has 112 valence electrons. The molecule has 1 aromatic carbocycles. The molecule has 1 aromatic heterocycles. The number of benzene rings is 1. The number of halogens is 2. The van der Waals surface area contributed by atoms with Crippen molar-refractivity contribution < 1.29 is 9.53 Å². The van der Waals surface area contributed by atoms with E-state index >= 15 is 0 Å². The summed E-state index contributed by atoms with van der Waals surface area (Å²) in [5, 5.41) is 3.67. The molecule has 0 bridgehead atoms. The van der Waals surface area contributed by atoms with Crippen LogP contribution in [-0.2, 0) is 11.2 Å². The number of amides is 1. The van der Waals surface area contributed by atoms with Crippen LogP contribution in [0.5, 0.6) is 5.75 Å². The summed E-state index contributed by atoms with van der Waals surface area (Å²) in [6, 6.07) is 4.86. The number of ether oxygens (including phenoxy) is 1. The third kappa shape index (κ3) is 4.65. The summed E-state index contributed by atoms with van der Waals surface area (Å²) in [5.74, 6) is 1.03. The number of rotatable bonds is 6. The van der Waals surface area contributed by atoms with E-state index in [1.807, 2.05) is 0 Å². The summed E-state index contributed by atoms with van der Waals surface area (Å²) in [4.78, 5) is 19.0. The lowest BCUT2D eigenvalue weighted by Crippen LogP contribution is -2.37. The van der Waals surface area contributed by atoms with E-state index in [2.05, 4.69) is 15.3 Å². The normalized spacial score (nSPS) is 12.0. The summed E-state index contributed by atoms with van der Waals surface area (Å²) in [7, 11) is 0. The largest absolute Gasteiger partial charge is 0.479 e. The molecule has 1 unspecified atom stereocenters. The minimum absolute atomic E-state index is 0.215. The standard InChI is InChI=1S/C14H15Cl2N3O2/c1-9(21-12-3-2-10(15)8-11(12)16)14(20)19-5-4-13-17-6-7-18-13/h2-3,6-9H,4-5H2,1H3,(H,17,18)(H,19,20). The number of nitrogens with one attached hydrogen (secondary N) is 2. The zero-order valence-corrected chi connectivity index (χ0v) is 12.9. The van der Waals surface area contributed by atoms with E-state index in [0.29, 0.717) is 28.8 Å². The van der Waals surface area contributed by atoms with E-state index < -0.39 is 6.10 Å². The van der Waals surface area contributed by atoms with Gasteiger partial charge in [-0.15, -0.1) is 0 Å². The van der Waals surface area contributed by atoms with Crippen molar-refractivity contribution in [2.24, 2.45) is 0 Å². The van der Waals surface area contributed by atoms with Crippen molar-refractivity contribution >= 4 is 29.1 Å². The molecule has 1 amide bonds. The Labute approximate surface area is 132 Å². The predicted molar refractivity (Wildman–Crippen MR) is 81.9 cm³/mol.